The number of rotatable bonds is 13. The molecule has 7 heteroatoms. The van der Waals surface area contributed by atoms with Gasteiger partial charge < -0.3 is 0 Å². The number of halogens is 5. The molecular formula is C66H78Cl2F3SiZr. The number of fused-ring (bicyclic) bond motifs is 2. The molecule has 0 amide bonds. The van der Waals surface area contributed by atoms with E-state index in [2.05, 4.69) is 104 Å². The Hall–Kier alpha value is -2.17. The van der Waals surface area contributed by atoms with Crippen LogP contribution in [0.3, 0.4) is 0 Å². The first-order valence-electron chi connectivity index (χ1n) is 29.7. The zero-order chi connectivity index (χ0) is 49.5. The summed E-state index contributed by atoms with van der Waals surface area (Å²) in [5.74, 6) is 3.89. The molecule has 0 spiro atoms. The summed E-state index contributed by atoms with van der Waals surface area (Å²) in [6, 6.07) is 33.3. The van der Waals surface area contributed by atoms with Crippen LogP contribution in [0.4, 0.5) is 13.2 Å². The summed E-state index contributed by atoms with van der Waals surface area (Å²) in [4.78, 5) is 0. The van der Waals surface area contributed by atoms with Crippen molar-refractivity contribution in [3.63, 3.8) is 0 Å². The molecule has 0 aromatic heterocycles. The molecule has 4 aromatic carbocycles. The minimum absolute atomic E-state index is 0.0871. The van der Waals surface area contributed by atoms with Crippen molar-refractivity contribution in [2.24, 2.45) is 47.3 Å². The van der Waals surface area contributed by atoms with Gasteiger partial charge in [0.2, 0.25) is 0 Å². The third-order valence-electron chi connectivity index (χ3n) is 22.9. The maximum absolute atomic E-state index is 14.7. The standard InChI is InChI=1S/2C31H35.C4H8F3Si.2ClH.Zr/c2*1-2-5-21(4-1)12-22-16-27-6-3-7-29(30(27)17-22)26-8-10-28(11-9-26)31-18-23-13-24(19-31)15-25(14-23)20-31;1-8-3-2-4(5,6)7;;;/h2*3,6-11,16-17,21,23-25H,1-2,4-5,12-15,18-20H2;8H,2-3H2,1H3;2*1H;/q;;;;;+2/p-2. The Morgan fingerprint density at radius 1 is 0.521 bits per heavy atom. The average Bonchev–Trinajstić information content (AvgIpc) is 4.20. The zero-order valence-corrected chi connectivity index (χ0v) is 48.6. The van der Waals surface area contributed by atoms with E-state index in [1.54, 1.807) is 0 Å². The third kappa shape index (κ3) is 8.38. The molecule has 3 unspecified atom stereocenters. The fourth-order valence-electron chi connectivity index (χ4n) is 20.5. The number of benzene rings is 4. The molecule has 8 bridgehead atoms. The second kappa shape index (κ2) is 18.2. The van der Waals surface area contributed by atoms with E-state index in [0.717, 1.165) is 48.3 Å². The Morgan fingerprint density at radius 3 is 1.22 bits per heavy atom. The van der Waals surface area contributed by atoms with Crippen molar-refractivity contribution < 1.29 is 28.7 Å². The predicted molar refractivity (Wildman–Crippen MR) is 298 cm³/mol. The van der Waals surface area contributed by atoms with Crippen molar-refractivity contribution in [3.05, 3.63) is 129 Å². The van der Waals surface area contributed by atoms with Crippen molar-refractivity contribution in [2.75, 3.05) is 0 Å². The van der Waals surface area contributed by atoms with Gasteiger partial charge in [0.25, 0.3) is 0 Å². The van der Waals surface area contributed by atoms with Crippen molar-refractivity contribution in [1.29, 1.82) is 0 Å². The Bertz CT molecular complexity index is 2600. The van der Waals surface area contributed by atoms with Crippen LogP contribution >= 0.6 is 17.0 Å². The molecule has 16 rings (SSSR count). The molecular weight excluding hydrogens is 1040 g/mol. The molecule has 0 N–H and O–H groups in total. The fraction of sp³-hybridized carbons (Fsp3) is 0.576. The van der Waals surface area contributed by atoms with E-state index in [4.69, 9.17) is 0 Å². The van der Waals surface area contributed by atoms with E-state index in [0.29, 0.717) is 22.7 Å². The summed E-state index contributed by atoms with van der Waals surface area (Å²) in [7, 11) is 18.5. The van der Waals surface area contributed by atoms with Crippen molar-refractivity contribution >= 4 is 35.1 Å². The van der Waals surface area contributed by atoms with Crippen molar-refractivity contribution in [2.45, 2.75) is 185 Å². The van der Waals surface area contributed by atoms with Crippen molar-refractivity contribution in [1.82, 2.24) is 0 Å². The second-order valence-electron chi connectivity index (χ2n) is 27.5. The van der Waals surface area contributed by atoms with Crippen LogP contribution < -0.4 is 0 Å². The molecule has 3 atom stereocenters. The maximum atomic E-state index is 14.7. The summed E-state index contributed by atoms with van der Waals surface area (Å²) >= 11 is -5.72. The van der Waals surface area contributed by atoms with Crippen LogP contribution in [0.2, 0.25) is 12.6 Å². The fourth-order valence-corrected chi connectivity index (χ4v) is 60.6. The first-order valence-corrected chi connectivity index (χ1v) is 45.7. The molecule has 0 radical (unpaired) electrons. The van der Waals surface area contributed by atoms with E-state index >= 15 is 0 Å². The number of alkyl halides is 3. The molecule has 73 heavy (non-hydrogen) atoms. The van der Waals surface area contributed by atoms with Crippen LogP contribution in [0.5, 0.6) is 0 Å². The zero-order valence-electron chi connectivity index (χ0n) is 43.4. The summed E-state index contributed by atoms with van der Waals surface area (Å²) in [6.45, 7) is 2.20. The molecule has 12 aliphatic carbocycles. The van der Waals surface area contributed by atoms with Gasteiger partial charge >= 0.3 is 447 Å². The van der Waals surface area contributed by atoms with Gasteiger partial charge in [-0.2, -0.15) is 0 Å². The van der Waals surface area contributed by atoms with Gasteiger partial charge in [-0.1, -0.05) is 0 Å². The van der Waals surface area contributed by atoms with E-state index in [9.17, 15) is 30.2 Å². The van der Waals surface area contributed by atoms with E-state index in [1.807, 2.05) is 0 Å². The molecule has 0 aliphatic heterocycles. The molecule has 385 valence electrons. The van der Waals surface area contributed by atoms with Crippen LogP contribution in [0, 0.1) is 47.3 Å². The normalized spacial score (nSPS) is 34.2. The van der Waals surface area contributed by atoms with Crippen LogP contribution in [-0.4, -0.2) is 12.1 Å². The number of allylic oxidation sites excluding steroid dienone is 2. The van der Waals surface area contributed by atoms with Crippen molar-refractivity contribution in [3.8, 4) is 22.3 Å². The van der Waals surface area contributed by atoms with Gasteiger partial charge in [0, 0.05) is 0 Å². The van der Waals surface area contributed by atoms with Gasteiger partial charge in [0.1, 0.15) is 0 Å². The van der Waals surface area contributed by atoms with Crippen LogP contribution in [0.15, 0.2) is 96.1 Å². The number of hydrogen-bond acceptors (Lipinski definition) is 0. The average molecular weight is 1120 g/mol. The van der Waals surface area contributed by atoms with E-state index in [-0.39, 0.29) is 13.3 Å². The summed E-state index contributed by atoms with van der Waals surface area (Å²) < 4.78 is 43.8. The van der Waals surface area contributed by atoms with Crippen LogP contribution in [0.1, 0.15) is 188 Å². The summed E-state index contributed by atoms with van der Waals surface area (Å²) in [6.07, 6.45) is 28.3. The summed E-state index contributed by atoms with van der Waals surface area (Å²) in [5.41, 5.74) is 16.2. The molecule has 4 aromatic rings. The van der Waals surface area contributed by atoms with Gasteiger partial charge in [-0.3, -0.25) is 0 Å². The second-order valence-corrected chi connectivity index (χ2v) is 68.8. The quantitative estimate of drug-likeness (QED) is 0.117. The Morgan fingerprint density at radius 2 is 0.877 bits per heavy atom. The first kappa shape index (κ1) is 49.1. The Labute approximate surface area is 444 Å². The van der Waals surface area contributed by atoms with Crippen LogP contribution in [-0.2, 0) is 26.4 Å². The molecule has 0 heterocycles. The molecule has 10 saturated carbocycles. The topological polar surface area (TPSA) is 0 Å². The van der Waals surface area contributed by atoms with E-state index < -0.39 is 34.1 Å². The number of hydrogen-bond donors (Lipinski definition) is 0. The van der Waals surface area contributed by atoms with Gasteiger partial charge in [0.15, 0.2) is 0 Å². The molecule has 12 aliphatic rings. The van der Waals surface area contributed by atoms with E-state index in [1.165, 1.54) is 195 Å². The molecule has 10 fully saturated rings. The van der Waals surface area contributed by atoms with Gasteiger partial charge in [-0.15, -0.1) is 0 Å². The van der Waals surface area contributed by atoms with Gasteiger partial charge in [-0.25, -0.2) is 0 Å². The monoisotopic (exact) mass is 1120 g/mol. The Kier molecular flexibility index (Phi) is 12.3. The first-order chi connectivity index (χ1) is 35.2. The SMILES string of the molecule is C[SiH](CCC(F)(F)F)[Zr]([Cl])([Cl])([CH]1C(CC2CCCC2)=Cc2c(-c3ccc(C45CC6CC(CC(C6)C4)C5)cc3)cccc21)[CH]1C(CC2CCCC2)=Cc2c(-c3ccc(C45CC6CC(CC(C6)C4)C5)cc3)cccc21. The molecule has 0 saturated heterocycles. The Balaban J connectivity index is 0.892. The molecule has 0 nitrogen and oxygen atoms in total. The van der Waals surface area contributed by atoms with Gasteiger partial charge in [0.05, 0.1) is 0 Å². The predicted octanol–water partition coefficient (Wildman–Crippen LogP) is 20.0. The minimum atomic E-state index is -5.72. The summed E-state index contributed by atoms with van der Waals surface area (Å²) in [5, 5.41) is 0. The van der Waals surface area contributed by atoms with Gasteiger partial charge in [-0.05, 0) is 0 Å². The van der Waals surface area contributed by atoms with Crippen LogP contribution in [0.25, 0.3) is 34.4 Å². The third-order valence-corrected chi connectivity index (χ3v) is 73.1.